The van der Waals surface area contributed by atoms with Crippen molar-refractivity contribution in [2.24, 2.45) is 0 Å². The smallest absolute Gasteiger partial charge is 0.317 e. The first-order chi connectivity index (χ1) is 12.7. The molecule has 0 spiro atoms. The van der Waals surface area contributed by atoms with Crippen LogP contribution < -0.4 is 5.32 Å². The number of halogens is 1. The van der Waals surface area contributed by atoms with Crippen molar-refractivity contribution in [1.29, 1.82) is 0 Å². The van der Waals surface area contributed by atoms with Crippen molar-refractivity contribution in [3.05, 3.63) is 65.6 Å². The zero-order valence-electron chi connectivity index (χ0n) is 13.9. The number of anilines is 1. The van der Waals surface area contributed by atoms with E-state index in [4.69, 9.17) is 0 Å². The lowest BCUT2D eigenvalue weighted by Crippen LogP contribution is -2.36. The van der Waals surface area contributed by atoms with Gasteiger partial charge >= 0.3 is 6.03 Å². The molecule has 26 heavy (non-hydrogen) atoms. The Bertz CT molecular complexity index is 911. The van der Waals surface area contributed by atoms with Crippen LogP contribution in [0.2, 0.25) is 0 Å². The Morgan fingerprint density at radius 3 is 2.92 bits per heavy atom. The van der Waals surface area contributed by atoms with Gasteiger partial charge in [-0.25, -0.2) is 14.2 Å². The summed E-state index contributed by atoms with van der Waals surface area (Å²) >= 11 is 1.37. The lowest BCUT2D eigenvalue weighted by Gasteiger charge is -2.22. The summed E-state index contributed by atoms with van der Waals surface area (Å²) in [6.45, 7) is 0.384. The van der Waals surface area contributed by atoms with Crippen molar-refractivity contribution in [2.45, 2.75) is 25.4 Å². The molecule has 7 heteroatoms. The molecule has 1 N–H and O–H groups in total. The van der Waals surface area contributed by atoms with Gasteiger partial charge in [0.25, 0.3) is 0 Å². The minimum atomic E-state index is -0.292. The van der Waals surface area contributed by atoms with Crippen LogP contribution in [0.1, 0.15) is 18.4 Å². The fourth-order valence-corrected chi connectivity index (χ4v) is 3.44. The molecule has 3 aromatic rings. The molecule has 1 aliphatic rings. The van der Waals surface area contributed by atoms with E-state index in [1.165, 1.54) is 23.5 Å². The van der Waals surface area contributed by atoms with E-state index in [9.17, 15) is 9.18 Å². The Morgan fingerprint density at radius 1 is 1.31 bits per heavy atom. The number of benzene rings is 1. The summed E-state index contributed by atoms with van der Waals surface area (Å²) in [5.74, 6) is -0.292. The molecule has 0 bridgehead atoms. The van der Waals surface area contributed by atoms with Crippen LogP contribution in [0.5, 0.6) is 0 Å². The predicted molar refractivity (Wildman–Crippen MR) is 99.3 cm³/mol. The molecule has 0 atom stereocenters. The highest BCUT2D eigenvalue weighted by Gasteiger charge is 2.33. The van der Waals surface area contributed by atoms with Crippen molar-refractivity contribution in [1.82, 2.24) is 14.9 Å². The summed E-state index contributed by atoms with van der Waals surface area (Å²) in [4.78, 5) is 23.0. The standard InChI is InChI=1S/C19H17FN4OS/c20-15-5-1-3-13(9-15)11-24(16-6-7-16)19(25)23-18-22-17(12-26-18)14-4-2-8-21-10-14/h1-5,8-10,12,16H,6-7,11H2,(H,22,23,25). The zero-order chi connectivity index (χ0) is 17.9. The Hall–Kier alpha value is -2.80. The van der Waals surface area contributed by atoms with Crippen molar-refractivity contribution >= 4 is 22.5 Å². The first kappa shape index (κ1) is 16.7. The van der Waals surface area contributed by atoms with Crippen LogP contribution in [0.15, 0.2) is 54.2 Å². The van der Waals surface area contributed by atoms with E-state index in [0.29, 0.717) is 11.7 Å². The molecule has 2 heterocycles. The highest BCUT2D eigenvalue weighted by atomic mass is 32.1. The molecule has 5 nitrogen and oxygen atoms in total. The first-order valence-corrected chi connectivity index (χ1v) is 9.25. The molecule has 0 radical (unpaired) electrons. The zero-order valence-corrected chi connectivity index (χ0v) is 14.7. The van der Waals surface area contributed by atoms with Crippen molar-refractivity contribution in [3.8, 4) is 11.3 Å². The monoisotopic (exact) mass is 368 g/mol. The summed E-state index contributed by atoms with van der Waals surface area (Å²) in [5.41, 5.74) is 2.46. The van der Waals surface area contributed by atoms with Gasteiger partial charge in [0.05, 0.1) is 5.69 Å². The number of carbonyl (C=O) groups is 1. The summed E-state index contributed by atoms with van der Waals surface area (Å²) in [7, 11) is 0. The molecule has 2 amide bonds. The molecule has 4 rings (SSSR count). The van der Waals surface area contributed by atoms with Gasteiger partial charge in [0.2, 0.25) is 0 Å². The average Bonchev–Trinajstić information content (AvgIpc) is 3.39. The van der Waals surface area contributed by atoms with Crippen molar-refractivity contribution in [2.75, 3.05) is 5.32 Å². The topological polar surface area (TPSA) is 58.1 Å². The number of pyridine rings is 1. The number of hydrogen-bond donors (Lipinski definition) is 1. The fourth-order valence-electron chi connectivity index (χ4n) is 2.73. The van der Waals surface area contributed by atoms with Gasteiger partial charge < -0.3 is 4.90 Å². The Kier molecular flexibility index (Phi) is 4.62. The van der Waals surface area contributed by atoms with Gasteiger partial charge in [-0.05, 0) is 42.7 Å². The number of hydrogen-bond acceptors (Lipinski definition) is 4. The third-order valence-electron chi connectivity index (χ3n) is 4.17. The molecular weight excluding hydrogens is 351 g/mol. The molecular formula is C19H17FN4OS. The Morgan fingerprint density at radius 2 is 2.19 bits per heavy atom. The maximum Gasteiger partial charge on any atom is 0.324 e. The Balaban J connectivity index is 1.46. The van der Waals surface area contributed by atoms with Crippen LogP contribution in [0.25, 0.3) is 11.3 Å². The van der Waals surface area contributed by atoms with Crippen molar-refractivity contribution in [3.63, 3.8) is 0 Å². The number of carbonyl (C=O) groups excluding carboxylic acids is 1. The van der Waals surface area contributed by atoms with Gasteiger partial charge in [-0.15, -0.1) is 11.3 Å². The quantitative estimate of drug-likeness (QED) is 0.719. The number of thiazole rings is 1. The van der Waals surface area contributed by atoms with E-state index in [1.54, 1.807) is 23.4 Å². The summed E-state index contributed by atoms with van der Waals surface area (Å²) in [5, 5.41) is 5.30. The van der Waals surface area contributed by atoms with Crippen LogP contribution in [-0.4, -0.2) is 26.9 Å². The summed E-state index contributed by atoms with van der Waals surface area (Å²) in [6.07, 6.45) is 5.39. The van der Waals surface area contributed by atoms with Gasteiger partial charge in [0, 0.05) is 35.9 Å². The third kappa shape index (κ3) is 3.88. The highest BCUT2D eigenvalue weighted by molar-refractivity contribution is 7.14. The van der Waals surface area contributed by atoms with Gasteiger partial charge in [-0.2, -0.15) is 0 Å². The number of nitrogens with one attached hydrogen (secondary N) is 1. The number of amides is 2. The van der Waals surface area contributed by atoms with Gasteiger partial charge in [0.1, 0.15) is 5.82 Å². The Labute approximate surface area is 154 Å². The second kappa shape index (κ2) is 7.21. The van der Waals surface area contributed by atoms with Crippen LogP contribution in [0.4, 0.5) is 14.3 Å². The van der Waals surface area contributed by atoms with Gasteiger partial charge in [-0.3, -0.25) is 10.3 Å². The van der Waals surface area contributed by atoms with Gasteiger partial charge in [-0.1, -0.05) is 12.1 Å². The molecule has 132 valence electrons. The van der Waals surface area contributed by atoms with E-state index in [0.717, 1.165) is 29.7 Å². The van der Waals surface area contributed by atoms with Gasteiger partial charge in [0.15, 0.2) is 5.13 Å². The van der Waals surface area contributed by atoms with E-state index in [1.807, 2.05) is 23.6 Å². The maximum absolute atomic E-state index is 13.4. The number of urea groups is 1. The van der Waals surface area contributed by atoms with E-state index >= 15 is 0 Å². The maximum atomic E-state index is 13.4. The minimum Gasteiger partial charge on any atom is -0.317 e. The minimum absolute atomic E-state index is 0.205. The number of rotatable bonds is 5. The fraction of sp³-hybridized carbons (Fsp3) is 0.211. The molecule has 0 saturated heterocycles. The largest absolute Gasteiger partial charge is 0.324 e. The average molecular weight is 368 g/mol. The lowest BCUT2D eigenvalue weighted by molar-refractivity contribution is 0.206. The second-order valence-corrected chi connectivity index (χ2v) is 7.06. The normalized spacial score (nSPS) is 13.4. The number of aromatic nitrogens is 2. The predicted octanol–water partition coefficient (Wildman–Crippen LogP) is 4.54. The third-order valence-corrected chi connectivity index (χ3v) is 4.92. The summed E-state index contributed by atoms with van der Waals surface area (Å²) < 4.78 is 13.4. The summed E-state index contributed by atoms with van der Waals surface area (Å²) in [6, 6.07) is 10.1. The second-order valence-electron chi connectivity index (χ2n) is 6.20. The molecule has 0 aliphatic heterocycles. The van der Waals surface area contributed by atoms with Crippen LogP contribution in [-0.2, 0) is 6.54 Å². The van der Waals surface area contributed by atoms with E-state index in [2.05, 4.69) is 15.3 Å². The SMILES string of the molecule is O=C(Nc1nc(-c2cccnc2)cs1)N(Cc1cccc(F)c1)C1CC1. The molecule has 2 aromatic heterocycles. The van der Waals surface area contributed by atoms with E-state index < -0.39 is 0 Å². The van der Waals surface area contributed by atoms with Crippen molar-refractivity contribution < 1.29 is 9.18 Å². The first-order valence-electron chi connectivity index (χ1n) is 8.37. The molecule has 1 aliphatic carbocycles. The highest BCUT2D eigenvalue weighted by Crippen LogP contribution is 2.30. The molecule has 0 unspecified atom stereocenters. The lowest BCUT2D eigenvalue weighted by atomic mass is 10.2. The van der Waals surface area contributed by atoms with Crippen LogP contribution >= 0.6 is 11.3 Å². The molecule has 1 aromatic carbocycles. The van der Waals surface area contributed by atoms with E-state index in [-0.39, 0.29) is 17.9 Å². The molecule has 1 saturated carbocycles. The van der Waals surface area contributed by atoms with Crippen LogP contribution in [0, 0.1) is 5.82 Å². The van der Waals surface area contributed by atoms with Crippen LogP contribution in [0.3, 0.4) is 0 Å². The molecule has 1 fully saturated rings. The number of nitrogens with zero attached hydrogens (tertiary/aromatic N) is 3.